The van der Waals surface area contributed by atoms with Crippen LogP contribution in [0, 0.1) is 24.6 Å². The summed E-state index contributed by atoms with van der Waals surface area (Å²) in [6, 6.07) is 2.24. The minimum absolute atomic E-state index is 0.0881. The van der Waals surface area contributed by atoms with Crippen molar-refractivity contribution in [2.45, 2.75) is 57.9 Å². The highest BCUT2D eigenvalue weighted by atomic mass is 19.4. The van der Waals surface area contributed by atoms with Gasteiger partial charge in [-0.2, -0.15) is 13.2 Å². The topological polar surface area (TPSA) is 35.5 Å². The van der Waals surface area contributed by atoms with E-state index in [2.05, 4.69) is 6.92 Å². The number of carbonyl (C=O) groups excluding carboxylic acids is 1. The van der Waals surface area contributed by atoms with Gasteiger partial charge in [0.15, 0.2) is 5.78 Å². The molecule has 2 saturated heterocycles. The van der Waals surface area contributed by atoms with Gasteiger partial charge in [-0.3, -0.25) is 4.79 Å². The molecule has 0 aliphatic carbocycles. The summed E-state index contributed by atoms with van der Waals surface area (Å²) in [7, 11) is 0. The summed E-state index contributed by atoms with van der Waals surface area (Å²) in [6.07, 6.45) is -2.62. The second-order valence-corrected chi connectivity index (χ2v) is 7.69. The van der Waals surface area contributed by atoms with E-state index in [4.69, 9.17) is 9.47 Å². The standard InChI is InChI=1S/C20H24F4O3/c1-11-3-7-15(26-9-11)13-5-8-16(27-10-13)19(25)14-6-4-12(2)17(18(14)21)20(22,23)24/h4,6,11,13,15-16H,3,5,7-10H2,1-2H3/t11?,13?,15-,16-/m0/s1. The average molecular weight is 388 g/mol. The molecule has 0 radical (unpaired) electrons. The largest absolute Gasteiger partial charge is 0.419 e. The van der Waals surface area contributed by atoms with Crippen molar-refractivity contribution >= 4 is 5.78 Å². The molecule has 2 fully saturated rings. The average Bonchev–Trinajstić information content (AvgIpc) is 2.61. The molecule has 0 spiro atoms. The molecule has 1 aromatic rings. The molecule has 0 bridgehead atoms. The Labute approximate surface area is 156 Å². The molecule has 4 atom stereocenters. The lowest BCUT2D eigenvalue weighted by Crippen LogP contribution is -2.40. The van der Waals surface area contributed by atoms with Gasteiger partial charge in [0.05, 0.1) is 23.8 Å². The number of hydrogen-bond donors (Lipinski definition) is 0. The lowest BCUT2D eigenvalue weighted by Gasteiger charge is -2.36. The summed E-state index contributed by atoms with van der Waals surface area (Å²) in [5.74, 6) is -1.54. The molecule has 2 aliphatic rings. The first kappa shape index (κ1) is 20.3. The number of Topliss-reactive ketones (excluding diaryl/α,β-unsaturated/α-hetero) is 1. The Hall–Kier alpha value is -1.47. The van der Waals surface area contributed by atoms with Crippen molar-refractivity contribution in [1.29, 1.82) is 0 Å². The highest BCUT2D eigenvalue weighted by molar-refractivity contribution is 6.00. The van der Waals surface area contributed by atoms with Gasteiger partial charge in [0.2, 0.25) is 0 Å². The SMILES string of the molecule is Cc1ccc(C(=O)[C@@H]2CCC([C@@H]3CCC(C)CO3)CO2)c(F)c1C(F)(F)F. The first-order chi connectivity index (χ1) is 12.7. The number of halogens is 4. The van der Waals surface area contributed by atoms with Crippen molar-refractivity contribution in [3.05, 3.63) is 34.6 Å². The molecule has 1 aromatic carbocycles. The number of carbonyl (C=O) groups is 1. The third kappa shape index (κ3) is 4.35. The van der Waals surface area contributed by atoms with Gasteiger partial charge in [-0.15, -0.1) is 0 Å². The van der Waals surface area contributed by atoms with Gasteiger partial charge < -0.3 is 9.47 Å². The fourth-order valence-electron chi connectivity index (χ4n) is 3.93. The summed E-state index contributed by atoms with van der Waals surface area (Å²) in [4.78, 5) is 12.6. The molecule has 0 aromatic heterocycles. The lowest BCUT2D eigenvalue weighted by molar-refractivity contribution is -0.140. The zero-order valence-electron chi connectivity index (χ0n) is 15.4. The van der Waals surface area contributed by atoms with Gasteiger partial charge in [0.25, 0.3) is 0 Å². The van der Waals surface area contributed by atoms with Crippen LogP contribution >= 0.6 is 0 Å². The molecule has 7 heteroatoms. The maximum Gasteiger partial charge on any atom is 0.419 e. The number of hydrogen-bond acceptors (Lipinski definition) is 3. The van der Waals surface area contributed by atoms with Crippen LogP contribution < -0.4 is 0 Å². The predicted molar refractivity (Wildman–Crippen MR) is 91.1 cm³/mol. The van der Waals surface area contributed by atoms with E-state index < -0.39 is 35.0 Å². The first-order valence-corrected chi connectivity index (χ1v) is 9.32. The van der Waals surface area contributed by atoms with E-state index in [1.54, 1.807) is 0 Å². The second kappa shape index (κ2) is 7.87. The Bertz CT molecular complexity index is 685. The number of benzene rings is 1. The molecular formula is C20H24F4O3. The third-order valence-corrected chi connectivity index (χ3v) is 5.57. The summed E-state index contributed by atoms with van der Waals surface area (Å²) >= 11 is 0. The fourth-order valence-corrected chi connectivity index (χ4v) is 3.93. The molecule has 0 N–H and O–H groups in total. The third-order valence-electron chi connectivity index (χ3n) is 5.57. The summed E-state index contributed by atoms with van der Waals surface area (Å²) in [5.41, 5.74) is -2.18. The van der Waals surface area contributed by atoms with Crippen LogP contribution in [-0.2, 0) is 15.7 Å². The monoisotopic (exact) mass is 388 g/mol. The van der Waals surface area contributed by atoms with E-state index in [9.17, 15) is 22.4 Å². The molecule has 3 rings (SSSR count). The molecule has 2 unspecified atom stereocenters. The number of aryl methyl sites for hydroxylation is 1. The van der Waals surface area contributed by atoms with Gasteiger partial charge in [0.1, 0.15) is 11.9 Å². The van der Waals surface area contributed by atoms with E-state index >= 15 is 0 Å². The van der Waals surface area contributed by atoms with Crippen LogP contribution in [-0.4, -0.2) is 31.2 Å². The van der Waals surface area contributed by atoms with E-state index in [0.717, 1.165) is 25.0 Å². The number of rotatable bonds is 3. The van der Waals surface area contributed by atoms with Gasteiger partial charge in [-0.05, 0) is 50.2 Å². The second-order valence-electron chi connectivity index (χ2n) is 7.69. The molecule has 0 saturated carbocycles. The molecule has 150 valence electrons. The normalized spacial score (nSPS) is 29.6. The van der Waals surface area contributed by atoms with Crippen molar-refractivity contribution in [2.75, 3.05) is 13.2 Å². The molecule has 0 amide bonds. The smallest absolute Gasteiger partial charge is 0.378 e. The van der Waals surface area contributed by atoms with Gasteiger partial charge in [-0.1, -0.05) is 13.0 Å². The molecule has 27 heavy (non-hydrogen) atoms. The van der Waals surface area contributed by atoms with Crippen LogP contribution in [0.25, 0.3) is 0 Å². The zero-order valence-corrected chi connectivity index (χ0v) is 15.4. The number of ether oxygens (including phenoxy) is 2. The van der Waals surface area contributed by atoms with E-state index in [1.807, 2.05) is 0 Å². The van der Waals surface area contributed by atoms with E-state index in [-0.39, 0.29) is 17.6 Å². The lowest BCUT2D eigenvalue weighted by atomic mass is 9.86. The van der Waals surface area contributed by atoms with Gasteiger partial charge >= 0.3 is 6.18 Å². The Morgan fingerprint density at radius 1 is 1.07 bits per heavy atom. The molecular weight excluding hydrogens is 364 g/mol. The quantitative estimate of drug-likeness (QED) is 0.543. The first-order valence-electron chi connectivity index (χ1n) is 9.32. The van der Waals surface area contributed by atoms with Crippen LogP contribution in [0.15, 0.2) is 12.1 Å². The molecule has 2 heterocycles. The van der Waals surface area contributed by atoms with Crippen LogP contribution in [0.3, 0.4) is 0 Å². The predicted octanol–water partition coefficient (Wildman–Crippen LogP) is 4.95. The van der Waals surface area contributed by atoms with Crippen LogP contribution in [0.1, 0.15) is 54.1 Å². The summed E-state index contributed by atoms with van der Waals surface area (Å²) < 4.78 is 65.1. The van der Waals surface area contributed by atoms with Crippen LogP contribution in [0.2, 0.25) is 0 Å². The van der Waals surface area contributed by atoms with Crippen molar-refractivity contribution in [3.63, 3.8) is 0 Å². The maximum absolute atomic E-state index is 14.4. The van der Waals surface area contributed by atoms with Crippen LogP contribution in [0.5, 0.6) is 0 Å². The Kier molecular flexibility index (Phi) is 5.91. The van der Waals surface area contributed by atoms with Crippen molar-refractivity contribution in [3.8, 4) is 0 Å². The van der Waals surface area contributed by atoms with Crippen molar-refractivity contribution < 1.29 is 31.8 Å². The van der Waals surface area contributed by atoms with Crippen LogP contribution in [0.4, 0.5) is 17.6 Å². The Morgan fingerprint density at radius 2 is 1.81 bits per heavy atom. The van der Waals surface area contributed by atoms with Gasteiger partial charge in [0, 0.05) is 12.5 Å². The molecule has 2 aliphatic heterocycles. The summed E-state index contributed by atoms with van der Waals surface area (Å²) in [5, 5.41) is 0. The number of ketones is 1. The minimum atomic E-state index is -4.85. The minimum Gasteiger partial charge on any atom is -0.378 e. The summed E-state index contributed by atoms with van der Waals surface area (Å²) in [6.45, 7) is 4.31. The van der Waals surface area contributed by atoms with Crippen molar-refractivity contribution in [1.82, 2.24) is 0 Å². The zero-order chi connectivity index (χ0) is 19.8. The van der Waals surface area contributed by atoms with E-state index in [1.165, 1.54) is 6.92 Å². The maximum atomic E-state index is 14.4. The Balaban J connectivity index is 1.68. The highest BCUT2D eigenvalue weighted by Crippen LogP contribution is 2.36. The Morgan fingerprint density at radius 3 is 2.37 bits per heavy atom. The fraction of sp³-hybridized carbons (Fsp3) is 0.650. The highest BCUT2D eigenvalue weighted by Gasteiger charge is 2.39. The van der Waals surface area contributed by atoms with Crippen molar-refractivity contribution in [2.24, 2.45) is 11.8 Å². The number of alkyl halides is 3. The van der Waals surface area contributed by atoms with E-state index in [0.29, 0.717) is 32.0 Å². The van der Waals surface area contributed by atoms with Gasteiger partial charge in [-0.25, -0.2) is 4.39 Å². The molecule has 3 nitrogen and oxygen atoms in total.